The van der Waals surface area contributed by atoms with Crippen LogP contribution in [0.4, 0.5) is 39.4 Å². The van der Waals surface area contributed by atoms with Gasteiger partial charge in [0.2, 0.25) is 11.9 Å². The topological polar surface area (TPSA) is 104 Å². The number of benzene rings is 1. The zero-order valence-corrected chi connectivity index (χ0v) is 27.1. The van der Waals surface area contributed by atoms with Crippen LogP contribution in [0.3, 0.4) is 0 Å². The quantitative estimate of drug-likeness (QED) is 0.231. The van der Waals surface area contributed by atoms with Gasteiger partial charge in [-0.3, -0.25) is 14.2 Å². The van der Waals surface area contributed by atoms with Crippen molar-refractivity contribution in [2.45, 2.75) is 71.1 Å². The van der Waals surface area contributed by atoms with Crippen LogP contribution in [0, 0.1) is 11.3 Å². The van der Waals surface area contributed by atoms with E-state index in [1.54, 1.807) is 49.4 Å². The maximum atomic E-state index is 13.5. The summed E-state index contributed by atoms with van der Waals surface area (Å²) in [6, 6.07) is 4.01. The Bertz CT molecular complexity index is 1660. The zero-order chi connectivity index (χ0) is 33.8. The molecule has 3 heterocycles. The summed E-state index contributed by atoms with van der Waals surface area (Å²) in [5.74, 6) is -4.79. The molecular weight excluding hydrogens is 656 g/mol. The van der Waals surface area contributed by atoms with E-state index in [0.29, 0.717) is 16.9 Å². The second-order valence-electron chi connectivity index (χ2n) is 12.9. The smallest absolute Gasteiger partial charge is 0.356 e. The van der Waals surface area contributed by atoms with E-state index in [4.69, 9.17) is 23.2 Å². The van der Waals surface area contributed by atoms with Crippen molar-refractivity contribution in [1.29, 1.82) is 0 Å². The van der Waals surface area contributed by atoms with Crippen LogP contribution >= 0.6 is 23.2 Å². The van der Waals surface area contributed by atoms with E-state index in [1.807, 2.05) is 0 Å². The molecule has 0 bridgehead atoms. The van der Waals surface area contributed by atoms with Gasteiger partial charge in [0.1, 0.15) is 11.3 Å². The van der Waals surface area contributed by atoms with E-state index in [9.17, 15) is 31.5 Å². The number of hydrogen-bond acceptors (Lipinski definition) is 6. The summed E-state index contributed by atoms with van der Waals surface area (Å²) >= 11 is 13.2. The van der Waals surface area contributed by atoms with E-state index in [0.717, 1.165) is 0 Å². The number of anilines is 3. The number of rotatable bonds is 7. The van der Waals surface area contributed by atoms with Gasteiger partial charge in [-0.1, -0.05) is 50.0 Å². The Labute approximate surface area is 272 Å². The SMILES string of the molecule is Cn1c(Nc2c(Cl)ccc(CNC(=O)C(C)(C)C)c2Cl)nc2cc(C(=O)NC3CC(F)(F)C3)c(N3CCC(C(F)(F)F)CC3)nc21. The summed E-state index contributed by atoms with van der Waals surface area (Å²) in [7, 11) is 1.65. The minimum atomic E-state index is -4.33. The van der Waals surface area contributed by atoms with E-state index in [-0.39, 0.29) is 71.3 Å². The number of hydrogen-bond donors (Lipinski definition) is 3. The molecule has 9 nitrogen and oxygen atoms in total. The first-order valence-electron chi connectivity index (χ1n) is 14.7. The summed E-state index contributed by atoms with van der Waals surface area (Å²) in [6.07, 6.45) is -5.70. The molecule has 46 heavy (non-hydrogen) atoms. The lowest BCUT2D eigenvalue weighted by molar-refractivity contribution is -0.179. The molecular formula is C30H34Cl2F5N7O2. The molecule has 5 rings (SSSR count). The van der Waals surface area contributed by atoms with Gasteiger partial charge in [-0.15, -0.1) is 0 Å². The van der Waals surface area contributed by atoms with Crippen molar-refractivity contribution in [2.24, 2.45) is 18.4 Å². The van der Waals surface area contributed by atoms with Crippen LogP contribution < -0.4 is 20.9 Å². The van der Waals surface area contributed by atoms with Crippen LogP contribution in [-0.2, 0) is 18.4 Å². The highest BCUT2D eigenvalue weighted by Gasteiger charge is 2.46. The average molecular weight is 691 g/mol. The molecule has 2 fully saturated rings. The summed E-state index contributed by atoms with van der Waals surface area (Å²) in [4.78, 5) is 36.6. The number of carbonyl (C=O) groups excluding carboxylic acids is 2. The third-order valence-corrected chi connectivity index (χ3v) is 9.03. The predicted octanol–water partition coefficient (Wildman–Crippen LogP) is 6.99. The molecule has 2 aromatic heterocycles. The second-order valence-corrected chi connectivity index (χ2v) is 13.7. The Balaban J connectivity index is 1.47. The van der Waals surface area contributed by atoms with Gasteiger partial charge in [0.15, 0.2) is 5.65 Å². The highest BCUT2D eigenvalue weighted by molar-refractivity contribution is 6.39. The molecule has 1 saturated carbocycles. The van der Waals surface area contributed by atoms with Crippen LogP contribution in [0.5, 0.6) is 0 Å². The molecule has 0 radical (unpaired) electrons. The lowest BCUT2D eigenvalue weighted by Crippen LogP contribution is -2.50. The minimum Gasteiger partial charge on any atom is -0.356 e. The number of aryl methyl sites for hydroxylation is 1. The molecule has 1 aromatic carbocycles. The number of carbonyl (C=O) groups is 2. The van der Waals surface area contributed by atoms with Crippen LogP contribution in [0.25, 0.3) is 11.2 Å². The lowest BCUT2D eigenvalue weighted by atomic mass is 9.88. The monoisotopic (exact) mass is 689 g/mol. The first kappa shape index (κ1) is 34.0. The number of amides is 2. The van der Waals surface area contributed by atoms with E-state index >= 15 is 0 Å². The van der Waals surface area contributed by atoms with Crippen molar-refractivity contribution in [3.8, 4) is 0 Å². The molecule has 250 valence electrons. The van der Waals surface area contributed by atoms with Gasteiger partial charge >= 0.3 is 6.18 Å². The minimum absolute atomic E-state index is 0.00280. The zero-order valence-electron chi connectivity index (χ0n) is 25.6. The highest BCUT2D eigenvalue weighted by atomic mass is 35.5. The number of aromatic nitrogens is 3. The lowest BCUT2D eigenvalue weighted by Gasteiger charge is -2.36. The summed E-state index contributed by atoms with van der Waals surface area (Å²) in [5.41, 5.74) is 0.888. The molecule has 16 heteroatoms. The number of piperidine rings is 1. The normalized spacial score (nSPS) is 17.6. The highest BCUT2D eigenvalue weighted by Crippen LogP contribution is 2.40. The van der Waals surface area contributed by atoms with Crippen molar-refractivity contribution >= 4 is 63.6 Å². The number of halogens is 7. The van der Waals surface area contributed by atoms with Gasteiger partial charge in [-0.05, 0) is 30.5 Å². The number of nitrogens with zero attached hydrogens (tertiary/aromatic N) is 4. The molecule has 3 aromatic rings. The van der Waals surface area contributed by atoms with Crippen molar-refractivity contribution in [3.63, 3.8) is 0 Å². The Hall–Kier alpha value is -3.39. The van der Waals surface area contributed by atoms with Crippen molar-refractivity contribution in [2.75, 3.05) is 23.3 Å². The number of fused-ring (bicyclic) bond motifs is 1. The summed E-state index contributed by atoms with van der Waals surface area (Å²) in [5, 5.41) is 9.05. The van der Waals surface area contributed by atoms with E-state index in [2.05, 4.69) is 25.9 Å². The summed E-state index contributed by atoms with van der Waals surface area (Å²) in [6.45, 7) is 5.50. The third kappa shape index (κ3) is 7.12. The van der Waals surface area contributed by atoms with Crippen LogP contribution in [0.1, 0.15) is 62.4 Å². The Kier molecular flexibility index (Phi) is 9.10. The Morgan fingerprint density at radius 3 is 2.30 bits per heavy atom. The van der Waals surface area contributed by atoms with Crippen molar-refractivity contribution in [1.82, 2.24) is 25.2 Å². The molecule has 0 spiro atoms. The molecule has 1 aliphatic heterocycles. The molecule has 0 unspecified atom stereocenters. The molecule has 2 aliphatic rings. The fraction of sp³-hybridized carbons (Fsp3) is 0.533. The van der Waals surface area contributed by atoms with Gasteiger partial charge in [0.05, 0.1) is 27.2 Å². The third-order valence-electron chi connectivity index (χ3n) is 8.28. The first-order valence-corrected chi connectivity index (χ1v) is 15.5. The second kappa shape index (κ2) is 12.3. The first-order chi connectivity index (χ1) is 21.3. The Morgan fingerprint density at radius 2 is 1.72 bits per heavy atom. The maximum Gasteiger partial charge on any atom is 0.391 e. The molecule has 0 atom stereocenters. The standard InChI is InChI=1S/C30H34Cl2F5N7O2/c1-28(2,3)26(46)38-14-15-5-6-19(31)22(21(15)32)41-27-40-20-11-18(25(45)39-17-12-29(33,34)13-17)23(42-24(20)43(27)4)44-9-7-16(8-10-44)30(35,36)37/h5-6,11,16-17H,7-10,12-14H2,1-4H3,(H,38,46)(H,39,45)(H,40,41). The largest absolute Gasteiger partial charge is 0.391 e. The predicted molar refractivity (Wildman–Crippen MR) is 166 cm³/mol. The molecule has 1 aliphatic carbocycles. The van der Waals surface area contributed by atoms with Crippen LogP contribution in [-0.4, -0.2) is 57.6 Å². The fourth-order valence-electron chi connectivity index (χ4n) is 5.47. The van der Waals surface area contributed by atoms with Crippen molar-refractivity contribution in [3.05, 3.63) is 39.4 Å². The van der Waals surface area contributed by atoms with E-state index < -0.39 is 48.2 Å². The number of nitrogens with one attached hydrogen (secondary N) is 3. The molecule has 2 amide bonds. The summed E-state index contributed by atoms with van der Waals surface area (Å²) < 4.78 is 68.6. The van der Waals surface area contributed by atoms with Crippen LogP contribution in [0.15, 0.2) is 18.2 Å². The molecule has 3 N–H and O–H groups in total. The average Bonchev–Trinajstić information content (AvgIpc) is 3.26. The van der Waals surface area contributed by atoms with Gasteiger partial charge in [0.25, 0.3) is 11.8 Å². The number of imidazole rings is 1. The number of alkyl halides is 5. The number of pyridine rings is 1. The fourth-order valence-corrected chi connectivity index (χ4v) is 6.00. The maximum absolute atomic E-state index is 13.5. The van der Waals surface area contributed by atoms with Crippen LogP contribution in [0.2, 0.25) is 10.0 Å². The Morgan fingerprint density at radius 1 is 1.07 bits per heavy atom. The molecule has 1 saturated heterocycles. The van der Waals surface area contributed by atoms with Gasteiger partial charge in [-0.2, -0.15) is 13.2 Å². The van der Waals surface area contributed by atoms with Gasteiger partial charge < -0.3 is 20.9 Å². The van der Waals surface area contributed by atoms with Gasteiger partial charge in [0, 0.05) is 51.0 Å². The van der Waals surface area contributed by atoms with E-state index in [1.165, 1.54) is 6.07 Å². The van der Waals surface area contributed by atoms with Gasteiger partial charge in [-0.25, -0.2) is 18.7 Å². The van der Waals surface area contributed by atoms with Crippen molar-refractivity contribution < 1.29 is 31.5 Å².